The highest BCUT2D eigenvalue weighted by Gasteiger charge is 2.73. The Morgan fingerprint density at radius 3 is 1.89 bits per heavy atom. The number of rotatable bonds is 12. The van der Waals surface area contributed by atoms with Crippen LogP contribution in [0.2, 0.25) is 0 Å². The maximum atomic E-state index is 13.4. The number of hydrogen-bond donors (Lipinski definition) is 0. The fraction of sp³-hybridized carbons (Fsp3) is 0.733. The average Bonchev–Trinajstić information content (AvgIpc) is 2.89. The molecule has 2 aliphatic rings. The highest BCUT2D eigenvalue weighted by atomic mass is 19.4. The maximum Gasteiger partial charge on any atom is 0.460 e. The molecule has 1 nitrogen and oxygen atoms in total. The van der Waals surface area contributed by atoms with Crippen molar-refractivity contribution < 1.29 is 35.5 Å². The summed E-state index contributed by atoms with van der Waals surface area (Å²) in [4.78, 5) is 0. The molecule has 8 heteroatoms. The zero-order valence-corrected chi connectivity index (χ0v) is 22.2. The Morgan fingerprint density at radius 1 is 0.763 bits per heavy atom. The summed E-state index contributed by atoms with van der Waals surface area (Å²) in [6.07, 6.45) is 14.8. The molecule has 3 rings (SSSR count). The van der Waals surface area contributed by atoms with Gasteiger partial charge >= 0.3 is 18.0 Å². The molecule has 0 aliphatic heterocycles. The van der Waals surface area contributed by atoms with Crippen molar-refractivity contribution in [3.63, 3.8) is 0 Å². The van der Waals surface area contributed by atoms with Crippen LogP contribution < -0.4 is 4.74 Å². The lowest BCUT2D eigenvalue weighted by molar-refractivity contribution is -0.358. The summed E-state index contributed by atoms with van der Waals surface area (Å²) in [7, 11) is 0. The molecular formula is C30H41F7O. The van der Waals surface area contributed by atoms with E-state index in [2.05, 4.69) is 17.7 Å². The quantitative estimate of drug-likeness (QED) is 0.186. The van der Waals surface area contributed by atoms with Gasteiger partial charge in [-0.1, -0.05) is 76.2 Å². The van der Waals surface area contributed by atoms with Crippen LogP contribution >= 0.6 is 0 Å². The van der Waals surface area contributed by atoms with E-state index >= 15 is 0 Å². The van der Waals surface area contributed by atoms with E-state index in [9.17, 15) is 30.7 Å². The maximum absolute atomic E-state index is 13.4. The van der Waals surface area contributed by atoms with Crippen LogP contribution in [-0.2, 0) is 0 Å². The van der Waals surface area contributed by atoms with E-state index < -0.39 is 24.6 Å². The van der Waals surface area contributed by atoms with Gasteiger partial charge in [0.05, 0.1) is 0 Å². The van der Waals surface area contributed by atoms with Crippen LogP contribution in [0.3, 0.4) is 0 Å². The Balaban J connectivity index is 1.38. The number of ether oxygens (including phenoxy) is 1. The predicted octanol–water partition coefficient (Wildman–Crippen LogP) is 10.5. The van der Waals surface area contributed by atoms with Gasteiger partial charge in [0, 0.05) is 0 Å². The zero-order valence-electron chi connectivity index (χ0n) is 22.2. The first-order chi connectivity index (χ1) is 17.9. The molecule has 0 saturated heterocycles. The molecule has 0 unspecified atom stereocenters. The van der Waals surface area contributed by atoms with Gasteiger partial charge in [0.15, 0.2) is 6.61 Å². The second kappa shape index (κ2) is 13.6. The summed E-state index contributed by atoms with van der Waals surface area (Å²) in [5, 5.41) is 0. The Hall–Kier alpha value is -1.73. The van der Waals surface area contributed by atoms with Gasteiger partial charge in [-0.3, -0.25) is 0 Å². The molecule has 1 aromatic rings. The van der Waals surface area contributed by atoms with Crippen LogP contribution in [0.1, 0.15) is 96.0 Å². The number of alkyl halides is 7. The fourth-order valence-corrected chi connectivity index (χ4v) is 6.01. The fourth-order valence-electron chi connectivity index (χ4n) is 6.01. The SMILES string of the molecule is CCCCCCC1CCC(C2CCC(C=Cc3ccc(OCC(F)(F)C(F)(F)C(F)(F)F)cc3)CC2)CC1. The normalized spacial score (nSPS) is 25.6. The van der Waals surface area contributed by atoms with Gasteiger partial charge < -0.3 is 4.74 Å². The molecule has 2 fully saturated rings. The molecule has 0 N–H and O–H groups in total. The van der Waals surface area contributed by atoms with Crippen LogP contribution in [0.5, 0.6) is 5.75 Å². The summed E-state index contributed by atoms with van der Waals surface area (Å²) in [5.41, 5.74) is 0.782. The average molecular weight is 551 g/mol. The minimum absolute atomic E-state index is 0.198. The van der Waals surface area contributed by atoms with Crippen molar-refractivity contribution in [2.75, 3.05) is 6.61 Å². The molecule has 0 atom stereocenters. The number of benzene rings is 1. The van der Waals surface area contributed by atoms with E-state index in [4.69, 9.17) is 0 Å². The molecule has 1 aromatic carbocycles. The Kier molecular flexibility index (Phi) is 11.0. The third-order valence-electron chi connectivity index (χ3n) is 8.52. The zero-order chi connectivity index (χ0) is 27.8. The molecule has 0 heterocycles. The molecule has 0 aromatic heterocycles. The minimum Gasteiger partial charge on any atom is -0.487 e. The third kappa shape index (κ3) is 8.38. The van der Waals surface area contributed by atoms with Crippen LogP contribution in [0, 0.1) is 23.7 Å². The van der Waals surface area contributed by atoms with Crippen molar-refractivity contribution in [3.8, 4) is 5.75 Å². The number of allylic oxidation sites excluding steroid dienone is 1. The molecule has 0 amide bonds. The largest absolute Gasteiger partial charge is 0.487 e. The molecule has 0 bridgehead atoms. The Morgan fingerprint density at radius 2 is 1.34 bits per heavy atom. The van der Waals surface area contributed by atoms with E-state index in [0.29, 0.717) is 5.92 Å². The van der Waals surface area contributed by atoms with Crippen molar-refractivity contribution in [3.05, 3.63) is 35.9 Å². The first kappa shape index (κ1) is 30.8. The number of unbranched alkanes of at least 4 members (excludes halogenated alkanes) is 3. The van der Waals surface area contributed by atoms with E-state index in [0.717, 1.165) is 36.2 Å². The van der Waals surface area contributed by atoms with E-state index in [-0.39, 0.29) is 5.75 Å². The molecule has 38 heavy (non-hydrogen) atoms. The number of hydrogen-bond acceptors (Lipinski definition) is 1. The Bertz CT molecular complexity index is 846. The third-order valence-corrected chi connectivity index (χ3v) is 8.52. The lowest BCUT2D eigenvalue weighted by Gasteiger charge is -2.37. The van der Waals surface area contributed by atoms with Gasteiger partial charge in [0.25, 0.3) is 0 Å². The van der Waals surface area contributed by atoms with Crippen molar-refractivity contribution >= 4 is 6.08 Å². The summed E-state index contributed by atoms with van der Waals surface area (Å²) in [6.45, 7) is 0.182. The van der Waals surface area contributed by atoms with Crippen molar-refractivity contribution in [2.45, 2.75) is 108 Å². The Labute approximate surface area is 222 Å². The summed E-state index contributed by atoms with van der Waals surface area (Å²) in [6, 6.07) is 5.72. The standard InChI is InChI=1S/C30H41F7O/c1-2-3-4-5-6-22-9-15-25(16-10-22)26-17-11-23(12-18-26)7-8-24-13-19-27(20-14-24)38-21-28(31,32)29(33,34)30(35,36)37/h7-8,13-14,19-20,22-23,25-26H,2-6,9-12,15-18,21H2,1H3. The minimum atomic E-state index is -6.36. The second-order valence-corrected chi connectivity index (χ2v) is 11.3. The molecule has 0 radical (unpaired) electrons. The van der Waals surface area contributed by atoms with Crippen molar-refractivity contribution in [1.29, 1.82) is 0 Å². The van der Waals surface area contributed by atoms with Crippen molar-refractivity contribution in [1.82, 2.24) is 0 Å². The lowest BCUT2D eigenvalue weighted by Crippen LogP contribution is -2.54. The van der Waals surface area contributed by atoms with Gasteiger partial charge in [0.2, 0.25) is 0 Å². The smallest absolute Gasteiger partial charge is 0.460 e. The monoisotopic (exact) mass is 550 g/mol. The van der Waals surface area contributed by atoms with Crippen LogP contribution in [0.4, 0.5) is 30.7 Å². The van der Waals surface area contributed by atoms with E-state index in [1.807, 2.05) is 6.08 Å². The first-order valence-electron chi connectivity index (χ1n) is 14.2. The van der Waals surface area contributed by atoms with Crippen LogP contribution in [-0.4, -0.2) is 24.6 Å². The highest BCUT2D eigenvalue weighted by molar-refractivity contribution is 5.50. The van der Waals surface area contributed by atoms with Crippen molar-refractivity contribution in [2.24, 2.45) is 23.7 Å². The molecule has 2 saturated carbocycles. The number of halogens is 7. The van der Waals surface area contributed by atoms with Crippen LogP contribution in [0.25, 0.3) is 6.08 Å². The summed E-state index contributed by atoms with van der Waals surface area (Å²) in [5.74, 6) is -8.67. The summed E-state index contributed by atoms with van der Waals surface area (Å²) < 4.78 is 94.1. The van der Waals surface area contributed by atoms with Gasteiger partial charge in [-0.2, -0.15) is 30.7 Å². The van der Waals surface area contributed by atoms with Crippen LogP contribution in [0.15, 0.2) is 30.3 Å². The van der Waals surface area contributed by atoms with E-state index in [1.165, 1.54) is 82.8 Å². The molecular weight excluding hydrogens is 509 g/mol. The lowest BCUT2D eigenvalue weighted by atomic mass is 9.68. The van der Waals surface area contributed by atoms with Gasteiger partial charge in [-0.25, -0.2) is 0 Å². The molecule has 216 valence electrons. The molecule has 0 spiro atoms. The summed E-state index contributed by atoms with van der Waals surface area (Å²) >= 11 is 0. The van der Waals surface area contributed by atoms with Gasteiger partial charge in [-0.15, -0.1) is 0 Å². The second-order valence-electron chi connectivity index (χ2n) is 11.3. The highest BCUT2D eigenvalue weighted by Crippen LogP contribution is 2.47. The topological polar surface area (TPSA) is 9.23 Å². The van der Waals surface area contributed by atoms with Gasteiger partial charge in [0.1, 0.15) is 5.75 Å². The van der Waals surface area contributed by atoms with E-state index in [1.54, 1.807) is 12.1 Å². The predicted molar refractivity (Wildman–Crippen MR) is 137 cm³/mol. The first-order valence-corrected chi connectivity index (χ1v) is 14.2. The molecule has 2 aliphatic carbocycles. The van der Waals surface area contributed by atoms with Gasteiger partial charge in [-0.05, 0) is 79.9 Å².